The molecule has 1 aliphatic heterocycles. The van der Waals surface area contributed by atoms with Gasteiger partial charge in [0.05, 0.1) is 24.6 Å². The largest absolute Gasteiger partial charge is 0.495 e. The summed E-state index contributed by atoms with van der Waals surface area (Å²) in [5, 5.41) is 3.01. The number of hydrogen-bond donors (Lipinski definition) is 1. The summed E-state index contributed by atoms with van der Waals surface area (Å²) in [5.41, 5.74) is 1.12. The van der Waals surface area contributed by atoms with Gasteiger partial charge < -0.3 is 14.8 Å². The van der Waals surface area contributed by atoms with E-state index in [0.29, 0.717) is 16.5 Å². The van der Waals surface area contributed by atoms with Crippen LogP contribution in [0.4, 0.5) is 5.69 Å². The van der Waals surface area contributed by atoms with Crippen LogP contribution >= 0.6 is 11.6 Å². The summed E-state index contributed by atoms with van der Waals surface area (Å²) in [6, 6.07) is 12.8. The Bertz CT molecular complexity index is 1170. The molecule has 1 N–H and O–H groups in total. The van der Waals surface area contributed by atoms with Crippen LogP contribution in [0.3, 0.4) is 0 Å². The Morgan fingerprint density at radius 2 is 1.72 bits per heavy atom. The highest BCUT2D eigenvalue weighted by Gasteiger charge is 2.62. The van der Waals surface area contributed by atoms with E-state index in [9.17, 15) is 19.2 Å². The number of fused-ring (bicyclic) bond motifs is 5. The van der Waals surface area contributed by atoms with Crippen LogP contribution in [0.25, 0.3) is 0 Å². The minimum Gasteiger partial charge on any atom is -0.495 e. The van der Waals surface area contributed by atoms with Crippen molar-refractivity contribution in [1.29, 1.82) is 0 Å². The van der Waals surface area contributed by atoms with Crippen LogP contribution in [0.5, 0.6) is 5.75 Å². The number of imide groups is 1. The van der Waals surface area contributed by atoms with Gasteiger partial charge in [0.2, 0.25) is 11.8 Å². The van der Waals surface area contributed by atoms with Gasteiger partial charge in [-0.1, -0.05) is 41.9 Å². The number of halogens is 1. The van der Waals surface area contributed by atoms with Crippen LogP contribution in [0, 0.1) is 23.7 Å². The molecule has 3 amide bonds. The van der Waals surface area contributed by atoms with E-state index in [-0.39, 0.29) is 41.9 Å². The van der Waals surface area contributed by atoms with Crippen LogP contribution in [0.1, 0.15) is 24.8 Å². The van der Waals surface area contributed by atoms with Gasteiger partial charge in [0.1, 0.15) is 11.8 Å². The summed E-state index contributed by atoms with van der Waals surface area (Å²) < 4.78 is 10.6. The minimum atomic E-state index is -1.13. The fourth-order valence-electron chi connectivity index (χ4n) is 6.05. The van der Waals surface area contributed by atoms with Crippen LogP contribution in [-0.4, -0.2) is 48.3 Å². The number of carbonyl (C=O) groups is 4. The Morgan fingerprint density at radius 1 is 1.06 bits per heavy atom. The van der Waals surface area contributed by atoms with Gasteiger partial charge in [-0.25, -0.2) is 4.79 Å². The number of amides is 3. The summed E-state index contributed by atoms with van der Waals surface area (Å²) in [6.45, 7) is -0.589. The molecule has 36 heavy (non-hydrogen) atoms. The first-order chi connectivity index (χ1) is 17.4. The van der Waals surface area contributed by atoms with Gasteiger partial charge in [-0.2, -0.15) is 0 Å². The second kappa shape index (κ2) is 9.93. The van der Waals surface area contributed by atoms with E-state index in [0.717, 1.165) is 29.7 Å². The number of carbonyl (C=O) groups excluding carboxylic acids is 4. The monoisotopic (exact) mass is 510 g/mol. The molecule has 1 saturated heterocycles. The fourth-order valence-corrected chi connectivity index (χ4v) is 6.23. The molecule has 5 atom stereocenters. The normalized spacial score (nSPS) is 25.0. The number of hydrogen-bond acceptors (Lipinski definition) is 6. The van der Waals surface area contributed by atoms with E-state index in [1.54, 1.807) is 12.1 Å². The Morgan fingerprint density at radius 3 is 2.36 bits per heavy atom. The van der Waals surface area contributed by atoms with Gasteiger partial charge in [0, 0.05) is 11.4 Å². The minimum absolute atomic E-state index is 0.121. The molecule has 0 radical (unpaired) electrons. The van der Waals surface area contributed by atoms with Gasteiger partial charge in [-0.05, 0) is 54.9 Å². The number of nitrogens with one attached hydrogen (secondary N) is 1. The lowest BCUT2D eigenvalue weighted by molar-refractivity contribution is -0.160. The zero-order chi connectivity index (χ0) is 25.4. The zero-order valence-corrected chi connectivity index (χ0v) is 20.6. The molecule has 0 spiro atoms. The lowest BCUT2D eigenvalue weighted by atomic mass is 9.81. The molecule has 9 heteroatoms. The summed E-state index contributed by atoms with van der Waals surface area (Å²) in [5.74, 6) is -1.86. The second-order valence-corrected chi connectivity index (χ2v) is 10.1. The fraction of sp³-hybridized carbons (Fsp3) is 0.407. The first kappa shape index (κ1) is 24.3. The van der Waals surface area contributed by atoms with Crippen LogP contribution in [0.2, 0.25) is 5.02 Å². The number of rotatable bonds is 8. The van der Waals surface area contributed by atoms with Crippen molar-refractivity contribution in [2.45, 2.75) is 31.7 Å². The van der Waals surface area contributed by atoms with E-state index >= 15 is 0 Å². The average molecular weight is 511 g/mol. The van der Waals surface area contributed by atoms with Crippen LogP contribution in [0.15, 0.2) is 48.5 Å². The third-order valence-corrected chi connectivity index (χ3v) is 7.83. The van der Waals surface area contributed by atoms with E-state index < -0.39 is 24.5 Å². The maximum Gasteiger partial charge on any atom is 0.330 e. The Hall–Kier alpha value is -3.39. The Kier molecular flexibility index (Phi) is 6.71. The van der Waals surface area contributed by atoms with E-state index in [4.69, 9.17) is 21.1 Å². The third-order valence-electron chi connectivity index (χ3n) is 7.60. The van der Waals surface area contributed by atoms with Crippen molar-refractivity contribution in [3.05, 3.63) is 59.1 Å². The van der Waals surface area contributed by atoms with Crippen molar-refractivity contribution in [2.75, 3.05) is 19.0 Å². The van der Waals surface area contributed by atoms with E-state index in [1.165, 1.54) is 13.2 Å². The molecule has 2 aromatic carbocycles. The number of anilines is 1. The predicted molar refractivity (Wildman–Crippen MR) is 131 cm³/mol. The lowest BCUT2D eigenvalue weighted by Gasteiger charge is -2.26. The van der Waals surface area contributed by atoms with Crippen molar-refractivity contribution in [3.8, 4) is 5.75 Å². The maximum atomic E-state index is 13.4. The number of nitrogens with zero attached hydrogens (tertiary/aromatic N) is 1. The van der Waals surface area contributed by atoms with Gasteiger partial charge >= 0.3 is 5.97 Å². The molecule has 8 nitrogen and oxygen atoms in total. The highest BCUT2D eigenvalue weighted by Crippen LogP contribution is 2.56. The number of ether oxygens (including phenoxy) is 2. The SMILES string of the molecule is COc1ccc(Cl)cc1NC(=O)COC(=O)[C@H](Cc1ccccc1)N1C(=O)[C@@H]2[C@H]3CC[C@@H](C3)[C@@H]2C1=O. The summed E-state index contributed by atoms with van der Waals surface area (Å²) in [4.78, 5) is 53.7. The van der Waals surface area contributed by atoms with Gasteiger partial charge in [-0.3, -0.25) is 19.3 Å². The summed E-state index contributed by atoms with van der Waals surface area (Å²) in [7, 11) is 1.46. The molecule has 2 aromatic rings. The van der Waals surface area contributed by atoms with Gasteiger partial charge in [0.25, 0.3) is 5.91 Å². The van der Waals surface area contributed by atoms with Crippen molar-refractivity contribution in [3.63, 3.8) is 0 Å². The summed E-state index contributed by atoms with van der Waals surface area (Å²) in [6.07, 6.45) is 2.91. The lowest BCUT2D eigenvalue weighted by Crippen LogP contribution is -2.48. The molecule has 3 aliphatic rings. The quantitative estimate of drug-likeness (QED) is 0.431. The number of likely N-dealkylation sites (tertiary alicyclic amines) is 1. The maximum absolute atomic E-state index is 13.4. The smallest absolute Gasteiger partial charge is 0.330 e. The predicted octanol–water partition coefficient (Wildman–Crippen LogP) is 3.47. The van der Waals surface area contributed by atoms with Crippen molar-refractivity contribution in [1.82, 2.24) is 4.90 Å². The highest BCUT2D eigenvalue weighted by molar-refractivity contribution is 6.31. The van der Waals surface area contributed by atoms with Crippen LogP contribution < -0.4 is 10.1 Å². The molecule has 2 aliphatic carbocycles. The molecule has 0 aromatic heterocycles. The topological polar surface area (TPSA) is 102 Å². The average Bonchev–Trinajstić information content (AvgIpc) is 3.56. The van der Waals surface area contributed by atoms with E-state index in [2.05, 4.69) is 5.32 Å². The standard InChI is InChI=1S/C27H27ClN2O6/c1-35-21-10-9-18(28)13-19(21)29-22(31)14-36-27(34)20(11-15-5-3-2-4-6-15)30-25(32)23-16-7-8-17(12-16)24(23)26(30)33/h2-6,9-10,13,16-17,20,23-24H,7-8,11-12,14H2,1H3,(H,29,31)/t16-,17-,20-,23-,24+/m0/s1. The molecular weight excluding hydrogens is 484 g/mol. The zero-order valence-electron chi connectivity index (χ0n) is 19.8. The molecule has 2 bridgehead atoms. The second-order valence-electron chi connectivity index (χ2n) is 9.64. The van der Waals surface area contributed by atoms with Gasteiger partial charge in [0.15, 0.2) is 6.61 Å². The molecule has 5 rings (SSSR count). The van der Waals surface area contributed by atoms with Crippen molar-refractivity contribution in [2.24, 2.45) is 23.7 Å². The van der Waals surface area contributed by atoms with Crippen LogP contribution in [-0.2, 0) is 30.3 Å². The molecule has 2 saturated carbocycles. The number of methoxy groups -OCH3 is 1. The highest BCUT2D eigenvalue weighted by atomic mass is 35.5. The molecule has 1 heterocycles. The molecule has 0 unspecified atom stereocenters. The summed E-state index contributed by atoms with van der Waals surface area (Å²) >= 11 is 6.01. The Balaban J connectivity index is 1.32. The molecule has 188 valence electrons. The van der Waals surface area contributed by atoms with Crippen molar-refractivity contribution < 1.29 is 28.7 Å². The molecule has 3 fully saturated rings. The first-order valence-electron chi connectivity index (χ1n) is 12.1. The van der Waals surface area contributed by atoms with E-state index in [1.807, 2.05) is 30.3 Å². The third kappa shape index (κ3) is 4.46. The number of benzene rings is 2. The Labute approximate surface area is 213 Å². The van der Waals surface area contributed by atoms with Crippen molar-refractivity contribution >= 4 is 41.0 Å². The number of esters is 1. The molecular formula is C27H27ClN2O6. The van der Waals surface area contributed by atoms with Gasteiger partial charge in [-0.15, -0.1) is 0 Å². The first-order valence-corrected chi connectivity index (χ1v) is 12.5.